The second-order valence-electron chi connectivity index (χ2n) is 2.84. The van der Waals surface area contributed by atoms with Gasteiger partial charge in [-0.3, -0.25) is 0 Å². The van der Waals surface area contributed by atoms with Gasteiger partial charge in [0.15, 0.2) is 0 Å². The summed E-state index contributed by atoms with van der Waals surface area (Å²) in [5.41, 5.74) is 0. The van der Waals surface area contributed by atoms with Crippen LogP contribution in [0.2, 0.25) is 0 Å². The number of rotatable bonds is 3. The average Bonchev–Trinajstić information content (AvgIpc) is 1.82. The number of allylic oxidation sites excluding steroid dienone is 2. The molecule has 0 heteroatoms. The van der Waals surface area contributed by atoms with Crippen molar-refractivity contribution in [3.05, 3.63) is 12.2 Å². The molecule has 9 heavy (non-hydrogen) atoms. The monoisotopic (exact) mass is 126 g/mol. The summed E-state index contributed by atoms with van der Waals surface area (Å²) in [6.07, 6.45) is 5.71. The lowest BCUT2D eigenvalue weighted by Gasteiger charge is -2.13. The van der Waals surface area contributed by atoms with Gasteiger partial charge in [0.1, 0.15) is 0 Å². The van der Waals surface area contributed by atoms with E-state index in [0.717, 1.165) is 11.8 Å². The van der Waals surface area contributed by atoms with Crippen LogP contribution in [0.3, 0.4) is 0 Å². The molecule has 0 saturated carbocycles. The first kappa shape index (κ1) is 8.74. The highest BCUT2D eigenvalue weighted by Crippen LogP contribution is 2.15. The van der Waals surface area contributed by atoms with Gasteiger partial charge in [-0.1, -0.05) is 32.9 Å². The van der Waals surface area contributed by atoms with E-state index < -0.39 is 0 Å². The fourth-order valence-corrected chi connectivity index (χ4v) is 1.08. The van der Waals surface area contributed by atoms with Gasteiger partial charge >= 0.3 is 0 Å². The van der Waals surface area contributed by atoms with E-state index >= 15 is 0 Å². The van der Waals surface area contributed by atoms with E-state index in [-0.39, 0.29) is 0 Å². The maximum Gasteiger partial charge on any atom is -0.0213 e. The molecule has 1 atom stereocenters. The van der Waals surface area contributed by atoms with Crippen LogP contribution in [0.4, 0.5) is 0 Å². The largest absolute Gasteiger partial charge is 0.0914 e. The highest BCUT2D eigenvalue weighted by molar-refractivity contribution is 4.86. The highest BCUT2D eigenvalue weighted by Gasteiger charge is 2.04. The molecule has 0 amide bonds. The van der Waals surface area contributed by atoms with Crippen LogP contribution in [0.5, 0.6) is 0 Å². The lowest BCUT2D eigenvalue weighted by Crippen LogP contribution is -2.02. The molecule has 0 saturated heterocycles. The minimum atomic E-state index is 0.787. The second kappa shape index (κ2) is 4.60. The van der Waals surface area contributed by atoms with Crippen LogP contribution >= 0.6 is 0 Å². The molecule has 0 aliphatic carbocycles. The van der Waals surface area contributed by atoms with Crippen LogP contribution in [0.1, 0.15) is 34.1 Å². The molecule has 0 aromatic carbocycles. The zero-order valence-corrected chi connectivity index (χ0v) is 7.02. The van der Waals surface area contributed by atoms with Crippen molar-refractivity contribution in [2.24, 2.45) is 11.8 Å². The minimum absolute atomic E-state index is 0.787. The smallest absolute Gasteiger partial charge is 0.0213 e. The van der Waals surface area contributed by atoms with Crippen LogP contribution in [0, 0.1) is 11.8 Å². The topological polar surface area (TPSA) is 0 Å². The zero-order valence-electron chi connectivity index (χ0n) is 7.02. The van der Waals surface area contributed by atoms with Crippen molar-refractivity contribution in [2.45, 2.75) is 34.1 Å². The Balaban J connectivity index is 3.68. The van der Waals surface area contributed by atoms with Gasteiger partial charge in [0.2, 0.25) is 0 Å². The van der Waals surface area contributed by atoms with E-state index in [1.165, 1.54) is 6.42 Å². The van der Waals surface area contributed by atoms with E-state index in [4.69, 9.17) is 0 Å². The second-order valence-corrected chi connectivity index (χ2v) is 2.84. The molecule has 0 fully saturated rings. The van der Waals surface area contributed by atoms with Crippen molar-refractivity contribution in [3.8, 4) is 0 Å². The Morgan fingerprint density at radius 2 is 1.89 bits per heavy atom. The summed E-state index contributed by atoms with van der Waals surface area (Å²) in [4.78, 5) is 0. The Hall–Kier alpha value is -0.260. The van der Waals surface area contributed by atoms with Crippen molar-refractivity contribution in [2.75, 3.05) is 0 Å². The van der Waals surface area contributed by atoms with Crippen molar-refractivity contribution >= 4 is 0 Å². The van der Waals surface area contributed by atoms with Gasteiger partial charge < -0.3 is 0 Å². The first-order valence-corrected chi connectivity index (χ1v) is 3.85. The molecule has 0 aromatic heterocycles. The summed E-state index contributed by atoms with van der Waals surface area (Å²) in [5, 5.41) is 0. The van der Waals surface area contributed by atoms with Gasteiger partial charge in [-0.15, -0.1) is 0 Å². The Kier molecular flexibility index (Phi) is 4.47. The molecule has 0 aliphatic heterocycles. The van der Waals surface area contributed by atoms with Crippen molar-refractivity contribution in [1.29, 1.82) is 0 Å². The van der Waals surface area contributed by atoms with Crippen LogP contribution in [-0.2, 0) is 0 Å². The molecule has 0 nitrogen and oxygen atoms in total. The molecule has 54 valence electrons. The quantitative estimate of drug-likeness (QED) is 0.509. The standard InChI is InChI=1S/C9H18/c1-5-7-9(6-2)8(3)4/h5,7-9H,6H2,1-4H3/b7-5+/t9-/m0/s1. The maximum atomic E-state index is 2.30. The maximum absolute atomic E-state index is 2.30. The van der Waals surface area contributed by atoms with Gasteiger partial charge in [-0.25, -0.2) is 0 Å². The van der Waals surface area contributed by atoms with Crippen molar-refractivity contribution < 1.29 is 0 Å². The van der Waals surface area contributed by atoms with E-state index in [1.807, 2.05) is 0 Å². The minimum Gasteiger partial charge on any atom is -0.0914 e. The lowest BCUT2D eigenvalue weighted by atomic mass is 9.93. The predicted molar refractivity (Wildman–Crippen MR) is 43.4 cm³/mol. The SMILES string of the molecule is C/C=C/[C@H](CC)C(C)C. The highest BCUT2D eigenvalue weighted by atomic mass is 14.1. The van der Waals surface area contributed by atoms with E-state index in [1.54, 1.807) is 0 Å². The van der Waals surface area contributed by atoms with Crippen LogP contribution in [0.25, 0.3) is 0 Å². The molecule has 0 aliphatic rings. The summed E-state index contributed by atoms with van der Waals surface area (Å²) < 4.78 is 0. The Morgan fingerprint density at radius 3 is 2.00 bits per heavy atom. The molecule has 0 unspecified atom stereocenters. The third-order valence-corrected chi connectivity index (χ3v) is 1.77. The molecular weight excluding hydrogens is 108 g/mol. The number of hydrogen-bond acceptors (Lipinski definition) is 0. The summed E-state index contributed by atoms with van der Waals surface area (Å²) in [6, 6.07) is 0. The summed E-state index contributed by atoms with van der Waals surface area (Å²) in [5.74, 6) is 1.58. The molecular formula is C9H18. The van der Waals surface area contributed by atoms with E-state index in [9.17, 15) is 0 Å². The summed E-state index contributed by atoms with van der Waals surface area (Å²) >= 11 is 0. The third-order valence-electron chi connectivity index (χ3n) is 1.77. The molecule has 0 aromatic rings. The van der Waals surface area contributed by atoms with Gasteiger partial charge in [-0.05, 0) is 25.2 Å². The fraction of sp³-hybridized carbons (Fsp3) is 0.778. The molecule has 0 bridgehead atoms. The van der Waals surface area contributed by atoms with Crippen LogP contribution in [-0.4, -0.2) is 0 Å². The van der Waals surface area contributed by atoms with E-state index in [0.29, 0.717) is 0 Å². The Morgan fingerprint density at radius 1 is 1.33 bits per heavy atom. The molecule has 0 spiro atoms. The normalized spacial score (nSPS) is 15.2. The first-order valence-electron chi connectivity index (χ1n) is 3.85. The van der Waals surface area contributed by atoms with E-state index in [2.05, 4.69) is 39.8 Å². The molecule has 0 N–H and O–H groups in total. The predicted octanol–water partition coefficient (Wildman–Crippen LogP) is 3.24. The van der Waals surface area contributed by atoms with Crippen LogP contribution < -0.4 is 0 Å². The van der Waals surface area contributed by atoms with Gasteiger partial charge in [0.25, 0.3) is 0 Å². The zero-order chi connectivity index (χ0) is 7.28. The summed E-state index contributed by atoms with van der Waals surface area (Å²) in [6.45, 7) is 8.87. The fourth-order valence-electron chi connectivity index (χ4n) is 1.08. The van der Waals surface area contributed by atoms with Gasteiger partial charge in [-0.2, -0.15) is 0 Å². The Labute approximate surface area is 59.0 Å². The molecule has 0 radical (unpaired) electrons. The van der Waals surface area contributed by atoms with Gasteiger partial charge in [0, 0.05) is 0 Å². The van der Waals surface area contributed by atoms with Crippen molar-refractivity contribution in [3.63, 3.8) is 0 Å². The van der Waals surface area contributed by atoms with Crippen molar-refractivity contribution in [1.82, 2.24) is 0 Å². The molecule has 0 heterocycles. The average molecular weight is 126 g/mol. The summed E-state index contributed by atoms with van der Waals surface area (Å²) in [7, 11) is 0. The third kappa shape index (κ3) is 3.34. The van der Waals surface area contributed by atoms with Crippen LogP contribution in [0.15, 0.2) is 12.2 Å². The molecule has 0 rings (SSSR count). The first-order chi connectivity index (χ1) is 4.22. The lowest BCUT2D eigenvalue weighted by molar-refractivity contribution is 0.453. The number of hydrogen-bond donors (Lipinski definition) is 0. The van der Waals surface area contributed by atoms with Gasteiger partial charge in [0.05, 0.1) is 0 Å². The Bertz CT molecular complexity index is 80.0.